The average Bonchev–Trinajstić information content (AvgIpc) is 2.27. The van der Waals surface area contributed by atoms with Gasteiger partial charge in [-0.15, -0.1) is 0 Å². The molecule has 2 rings (SSSR count). The number of ether oxygens (including phenoxy) is 1. The molecule has 17 heavy (non-hydrogen) atoms. The van der Waals surface area contributed by atoms with Gasteiger partial charge >= 0.3 is 0 Å². The molecule has 0 aliphatic carbocycles. The minimum Gasteiger partial charge on any atom is -0.364 e. The summed E-state index contributed by atoms with van der Waals surface area (Å²) in [6, 6.07) is 5.68. The third kappa shape index (κ3) is 2.54. The molecule has 1 aliphatic heterocycles. The Morgan fingerprint density at radius 2 is 2.24 bits per heavy atom. The molecular weight excluding hydrogens is 287 g/mol. The van der Waals surface area contributed by atoms with Gasteiger partial charge in [0, 0.05) is 17.3 Å². The molecule has 0 saturated heterocycles. The zero-order valence-electron chi connectivity index (χ0n) is 9.91. The molecular formula is C13H16BrFO2. The molecule has 0 bridgehead atoms. The van der Waals surface area contributed by atoms with Crippen LogP contribution in [-0.4, -0.2) is 16.9 Å². The number of hydrogen-bond donors (Lipinski definition) is 1. The van der Waals surface area contributed by atoms with E-state index in [0.29, 0.717) is 11.8 Å². The Hall–Kier alpha value is -0.450. The van der Waals surface area contributed by atoms with E-state index in [2.05, 4.69) is 15.9 Å². The van der Waals surface area contributed by atoms with Crippen LogP contribution in [-0.2, 0) is 16.5 Å². The zero-order valence-corrected chi connectivity index (χ0v) is 11.5. The van der Waals surface area contributed by atoms with E-state index in [0.717, 1.165) is 16.7 Å². The fourth-order valence-corrected chi connectivity index (χ4v) is 2.65. The molecule has 0 fully saturated rings. The first-order valence-corrected chi connectivity index (χ1v) is 6.74. The highest BCUT2D eigenvalue weighted by Gasteiger charge is 2.37. The molecule has 0 amide bonds. The monoisotopic (exact) mass is 302 g/mol. The van der Waals surface area contributed by atoms with Crippen molar-refractivity contribution in [3.8, 4) is 0 Å². The quantitative estimate of drug-likeness (QED) is 0.850. The maximum Gasteiger partial charge on any atom is 0.181 e. The number of rotatable bonds is 2. The Balaban J connectivity index is 2.40. The van der Waals surface area contributed by atoms with Crippen molar-refractivity contribution in [2.24, 2.45) is 0 Å². The van der Waals surface area contributed by atoms with Gasteiger partial charge in [0.2, 0.25) is 0 Å². The van der Waals surface area contributed by atoms with Crippen LogP contribution in [0.15, 0.2) is 18.2 Å². The Bertz CT molecular complexity index is 414. The molecule has 0 aromatic heterocycles. The summed E-state index contributed by atoms with van der Waals surface area (Å²) in [4.78, 5) is 0. The van der Waals surface area contributed by atoms with Crippen molar-refractivity contribution in [3.63, 3.8) is 0 Å². The van der Waals surface area contributed by atoms with E-state index in [1.165, 1.54) is 13.8 Å². The van der Waals surface area contributed by atoms with Gasteiger partial charge in [0.15, 0.2) is 6.29 Å². The normalized spacial score (nSPS) is 24.5. The lowest BCUT2D eigenvalue weighted by Crippen LogP contribution is -2.40. The van der Waals surface area contributed by atoms with Gasteiger partial charge in [-0.3, -0.25) is 0 Å². The highest BCUT2D eigenvalue weighted by atomic mass is 79.9. The first-order chi connectivity index (χ1) is 7.93. The maximum atomic E-state index is 13.9. The van der Waals surface area contributed by atoms with Crippen LogP contribution >= 0.6 is 15.9 Å². The van der Waals surface area contributed by atoms with Crippen molar-refractivity contribution in [1.29, 1.82) is 0 Å². The Kier molecular flexibility index (Phi) is 3.57. The van der Waals surface area contributed by atoms with Gasteiger partial charge in [-0.05, 0) is 25.0 Å². The van der Waals surface area contributed by atoms with Crippen LogP contribution in [0.4, 0.5) is 4.39 Å². The fraction of sp³-hybridized carbons (Fsp3) is 0.538. The molecule has 1 aliphatic rings. The Morgan fingerprint density at radius 1 is 1.53 bits per heavy atom. The summed E-state index contributed by atoms with van der Waals surface area (Å²) in [6.45, 7) is 2.96. The standard InChI is InChI=1S/C13H16BrFO2/c1-13(2,15)11-6-10-8(7-14)4-3-5-9(10)12(16)17-11/h3-5,11-12,16H,6-7H2,1-2H3. The lowest BCUT2D eigenvalue weighted by molar-refractivity contribution is -0.182. The van der Waals surface area contributed by atoms with Gasteiger partial charge in [-0.1, -0.05) is 34.1 Å². The van der Waals surface area contributed by atoms with Crippen molar-refractivity contribution in [2.75, 3.05) is 0 Å². The molecule has 94 valence electrons. The van der Waals surface area contributed by atoms with Crippen LogP contribution in [0.5, 0.6) is 0 Å². The maximum absolute atomic E-state index is 13.9. The number of aliphatic hydroxyl groups is 1. The second-order valence-electron chi connectivity index (χ2n) is 4.86. The summed E-state index contributed by atoms with van der Waals surface area (Å²) in [6.07, 6.45) is -1.14. The fourth-order valence-electron chi connectivity index (χ4n) is 2.13. The van der Waals surface area contributed by atoms with E-state index >= 15 is 0 Å². The zero-order chi connectivity index (χ0) is 12.6. The molecule has 0 spiro atoms. The second-order valence-corrected chi connectivity index (χ2v) is 5.42. The van der Waals surface area contributed by atoms with Crippen molar-refractivity contribution in [2.45, 2.75) is 43.7 Å². The van der Waals surface area contributed by atoms with Crippen LogP contribution in [0.3, 0.4) is 0 Å². The lowest BCUT2D eigenvalue weighted by Gasteiger charge is -2.35. The number of benzene rings is 1. The summed E-state index contributed by atoms with van der Waals surface area (Å²) in [5.41, 5.74) is 1.37. The van der Waals surface area contributed by atoms with Crippen LogP contribution in [0.1, 0.15) is 36.8 Å². The van der Waals surface area contributed by atoms with Gasteiger partial charge < -0.3 is 9.84 Å². The Morgan fingerprint density at radius 3 is 2.82 bits per heavy atom. The SMILES string of the molecule is CC(C)(F)C1Cc2c(CBr)cccc2C(O)O1. The first-order valence-electron chi connectivity index (χ1n) is 5.62. The number of hydrogen-bond acceptors (Lipinski definition) is 2. The molecule has 1 heterocycles. The molecule has 1 N–H and O–H groups in total. The second kappa shape index (κ2) is 4.67. The lowest BCUT2D eigenvalue weighted by atomic mass is 9.88. The molecule has 2 nitrogen and oxygen atoms in total. The van der Waals surface area contributed by atoms with E-state index in [1.54, 1.807) is 0 Å². The minimum absolute atomic E-state index is 0.498. The van der Waals surface area contributed by atoms with Crippen molar-refractivity contribution >= 4 is 15.9 Å². The van der Waals surface area contributed by atoms with E-state index < -0.39 is 18.1 Å². The van der Waals surface area contributed by atoms with Crippen LogP contribution < -0.4 is 0 Å². The van der Waals surface area contributed by atoms with Gasteiger partial charge in [-0.2, -0.15) is 0 Å². The summed E-state index contributed by atoms with van der Waals surface area (Å²) < 4.78 is 19.3. The predicted octanol–water partition coefficient (Wildman–Crippen LogP) is 3.26. The largest absolute Gasteiger partial charge is 0.364 e. The molecule has 1 aromatic rings. The van der Waals surface area contributed by atoms with Crippen LogP contribution in [0.2, 0.25) is 0 Å². The molecule has 0 saturated carbocycles. The van der Waals surface area contributed by atoms with Crippen molar-refractivity contribution < 1.29 is 14.2 Å². The van der Waals surface area contributed by atoms with Gasteiger partial charge in [-0.25, -0.2) is 4.39 Å². The Labute approximate surface area is 109 Å². The summed E-state index contributed by atoms with van der Waals surface area (Å²) in [5.74, 6) is 0. The highest BCUT2D eigenvalue weighted by Crippen LogP contribution is 2.36. The van der Waals surface area contributed by atoms with E-state index in [4.69, 9.17) is 4.74 Å². The average molecular weight is 303 g/mol. The first kappa shape index (κ1) is 13.0. The topological polar surface area (TPSA) is 29.5 Å². The molecule has 2 unspecified atom stereocenters. The smallest absolute Gasteiger partial charge is 0.181 e. The van der Waals surface area contributed by atoms with Crippen molar-refractivity contribution in [3.05, 3.63) is 34.9 Å². The third-order valence-electron chi connectivity index (χ3n) is 3.17. The van der Waals surface area contributed by atoms with E-state index in [9.17, 15) is 9.50 Å². The van der Waals surface area contributed by atoms with Crippen molar-refractivity contribution in [1.82, 2.24) is 0 Å². The van der Waals surface area contributed by atoms with Gasteiger partial charge in [0.1, 0.15) is 5.67 Å². The summed E-state index contributed by atoms with van der Waals surface area (Å²) >= 11 is 3.41. The number of alkyl halides is 2. The minimum atomic E-state index is -1.46. The van der Waals surface area contributed by atoms with Gasteiger partial charge in [0.05, 0.1) is 6.10 Å². The third-order valence-corrected chi connectivity index (χ3v) is 3.77. The molecule has 2 atom stereocenters. The van der Waals surface area contributed by atoms with Crippen LogP contribution in [0.25, 0.3) is 0 Å². The molecule has 4 heteroatoms. The molecule has 1 aromatic carbocycles. The number of aliphatic hydroxyl groups excluding tert-OH is 1. The highest BCUT2D eigenvalue weighted by molar-refractivity contribution is 9.08. The summed E-state index contributed by atoms with van der Waals surface area (Å²) in [7, 11) is 0. The van der Waals surface area contributed by atoms with E-state index in [1.807, 2.05) is 18.2 Å². The van der Waals surface area contributed by atoms with E-state index in [-0.39, 0.29) is 0 Å². The summed E-state index contributed by atoms with van der Waals surface area (Å²) in [5, 5.41) is 10.6. The predicted molar refractivity (Wildman–Crippen MR) is 67.8 cm³/mol. The van der Waals surface area contributed by atoms with Crippen LogP contribution in [0, 0.1) is 0 Å². The number of halogens is 2. The molecule has 0 radical (unpaired) electrons. The van der Waals surface area contributed by atoms with Gasteiger partial charge in [0.25, 0.3) is 0 Å². The number of fused-ring (bicyclic) bond motifs is 1.